The number of rotatable bonds is 3. The van der Waals surface area contributed by atoms with Crippen molar-refractivity contribution in [3.05, 3.63) is 26.9 Å². The first-order valence-electron chi connectivity index (χ1n) is 4.24. The molecular weight excluding hydrogens is 284 g/mol. The fourth-order valence-corrected chi connectivity index (χ4v) is 3.74. The molecule has 0 fully saturated rings. The largest absolute Gasteiger partial charge is 0.297 e. The van der Waals surface area contributed by atoms with E-state index in [0.717, 1.165) is 4.90 Å². The number of nitrogens with one attached hydrogen (secondary N) is 1. The summed E-state index contributed by atoms with van der Waals surface area (Å²) in [6, 6.07) is 0. The summed E-state index contributed by atoms with van der Waals surface area (Å²) in [6.45, 7) is 0. The van der Waals surface area contributed by atoms with Gasteiger partial charge >= 0.3 is 0 Å². The molecule has 0 bridgehead atoms. The smallest absolute Gasteiger partial charge is 0.269 e. The van der Waals surface area contributed by atoms with Crippen molar-refractivity contribution in [2.24, 2.45) is 0 Å². The summed E-state index contributed by atoms with van der Waals surface area (Å²) >= 11 is 10.3. The Labute approximate surface area is 110 Å². The maximum atomic E-state index is 11.8. The lowest BCUT2D eigenvalue weighted by Crippen LogP contribution is -2.10. The monoisotopic (exact) mass is 290 g/mol. The summed E-state index contributed by atoms with van der Waals surface area (Å²) in [4.78, 5) is 17.3. The highest BCUT2D eigenvalue weighted by molar-refractivity contribution is 7.98. The number of thiazole rings is 1. The van der Waals surface area contributed by atoms with Crippen LogP contribution >= 0.6 is 46.0 Å². The van der Waals surface area contributed by atoms with Crippen LogP contribution in [0, 0.1) is 0 Å². The molecule has 7 heteroatoms. The minimum atomic E-state index is -0.203. The molecule has 2 heterocycles. The number of nitrogens with zero attached hydrogens (tertiary/aromatic N) is 1. The van der Waals surface area contributed by atoms with Crippen LogP contribution in [0.4, 0.5) is 5.13 Å². The molecule has 0 spiro atoms. The average molecular weight is 291 g/mol. The Kier molecular flexibility index (Phi) is 3.86. The maximum absolute atomic E-state index is 11.8. The predicted octanol–water partition coefficient (Wildman–Crippen LogP) is 3.83. The summed E-state index contributed by atoms with van der Waals surface area (Å²) in [5, 5.41) is 7.49. The van der Waals surface area contributed by atoms with Crippen molar-refractivity contribution in [1.29, 1.82) is 0 Å². The van der Waals surface area contributed by atoms with E-state index in [1.807, 2.05) is 11.6 Å². The Morgan fingerprint density at radius 3 is 2.94 bits per heavy atom. The molecule has 0 aliphatic carbocycles. The van der Waals surface area contributed by atoms with Gasteiger partial charge in [-0.1, -0.05) is 11.6 Å². The van der Waals surface area contributed by atoms with Crippen molar-refractivity contribution in [3.63, 3.8) is 0 Å². The second-order valence-corrected chi connectivity index (χ2v) is 5.74. The minimum Gasteiger partial charge on any atom is -0.297 e. The first-order valence-corrected chi connectivity index (χ1v) is 7.60. The van der Waals surface area contributed by atoms with Crippen LogP contribution in [0.15, 0.2) is 21.9 Å². The average Bonchev–Trinajstić information content (AvgIpc) is 2.87. The van der Waals surface area contributed by atoms with E-state index in [-0.39, 0.29) is 5.91 Å². The second kappa shape index (κ2) is 5.18. The molecule has 2 rings (SSSR count). The predicted molar refractivity (Wildman–Crippen MR) is 71.2 cm³/mol. The molecule has 0 atom stereocenters. The number of carbonyl (C=O) groups is 1. The van der Waals surface area contributed by atoms with Crippen molar-refractivity contribution in [2.75, 3.05) is 11.6 Å². The highest BCUT2D eigenvalue weighted by Crippen LogP contribution is 2.34. The molecule has 0 unspecified atom stereocenters. The Bertz CT molecular complexity index is 495. The van der Waals surface area contributed by atoms with Crippen molar-refractivity contribution in [2.45, 2.75) is 4.90 Å². The number of amides is 1. The molecule has 16 heavy (non-hydrogen) atoms. The number of carbonyl (C=O) groups excluding carboxylic acids is 1. The first-order chi connectivity index (χ1) is 7.72. The fourth-order valence-electron chi connectivity index (χ4n) is 1.06. The number of anilines is 1. The number of hydrogen-bond donors (Lipinski definition) is 1. The van der Waals surface area contributed by atoms with Crippen LogP contribution in [0.5, 0.6) is 0 Å². The molecule has 1 amide bonds. The van der Waals surface area contributed by atoms with E-state index in [1.54, 1.807) is 11.6 Å². The summed E-state index contributed by atoms with van der Waals surface area (Å²) in [7, 11) is 0. The standard InChI is InChI=1S/C9H7ClN2OS3/c1-14-5-4-16-7(6(5)10)8(13)12-9-11-2-3-15-9/h2-4H,1H3,(H,11,12,13). The summed E-state index contributed by atoms with van der Waals surface area (Å²) in [6.07, 6.45) is 3.57. The van der Waals surface area contributed by atoms with Crippen molar-refractivity contribution in [3.8, 4) is 0 Å². The molecule has 2 aromatic heterocycles. The van der Waals surface area contributed by atoms with E-state index in [4.69, 9.17) is 11.6 Å². The number of halogens is 1. The van der Waals surface area contributed by atoms with E-state index < -0.39 is 0 Å². The van der Waals surface area contributed by atoms with Crippen LogP contribution in [0.3, 0.4) is 0 Å². The second-order valence-electron chi connectivity index (χ2n) is 2.74. The van der Waals surface area contributed by atoms with E-state index >= 15 is 0 Å². The number of hydrogen-bond acceptors (Lipinski definition) is 5. The molecule has 2 aromatic rings. The van der Waals surface area contributed by atoms with Crippen LogP contribution < -0.4 is 5.32 Å². The van der Waals surface area contributed by atoms with Crippen LogP contribution in [-0.4, -0.2) is 17.1 Å². The van der Waals surface area contributed by atoms with Gasteiger partial charge in [-0.3, -0.25) is 10.1 Å². The molecule has 0 saturated carbocycles. The maximum Gasteiger partial charge on any atom is 0.269 e. The normalized spacial score (nSPS) is 10.4. The van der Waals surface area contributed by atoms with Gasteiger partial charge in [-0.15, -0.1) is 34.4 Å². The van der Waals surface area contributed by atoms with Gasteiger partial charge in [0.25, 0.3) is 5.91 Å². The first kappa shape index (κ1) is 11.9. The molecule has 0 radical (unpaired) electrons. The van der Waals surface area contributed by atoms with Gasteiger partial charge in [0.2, 0.25) is 0 Å². The molecule has 0 saturated heterocycles. The van der Waals surface area contributed by atoms with E-state index in [1.165, 1.54) is 34.4 Å². The number of thiophene rings is 1. The van der Waals surface area contributed by atoms with Crippen molar-refractivity contribution in [1.82, 2.24) is 4.98 Å². The lowest BCUT2D eigenvalue weighted by Gasteiger charge is -1.99. The molecule has 3 nitrogen and oxygen atoms in total. The molecule has 0 aromatic carbocycles. The third-order valence-corrected chi connectivity index (χ3v) is 4.97. The lowest BCUT2D eigenvalue weighted by molar-refractivity contribution is 0.103. The Morgan fingerprint density at radius 1 is 1.56 bits per heavy atom. The van der Waals surface area contributed by atoms with E-state index in [9.17, 15) is 4.79 Å². The van der Waals surface area contributed by atoms with Crippen LogP contribution in [-0.2, 0) is 0 Å². The Hall–Kier alpha value is -0.560. The Morgan fingerprint density at radius 2 is 2.38 bits per heavy atom. The van der Waals surface area contributed by atoms with Crippen LogP contribution in [0.2, 0.25) is 5.02 Å². The van der Waals surface area contributed by atoms with Crippen molar-refractivity contribution < 1.29 is 4.79 Å². The fraction of sp³-hybridized carbons (Fsp3) is 0.111. The highest BCUT2D eigenvalue weighted by Gasteiger charge is 2.16. The van der Waals surface area contributed by atoms with Gasteiger partial charge < -0.3 is 0 Å². The zero-order chi connectivity index (χ0) is 11.5. The van der Waals surface area contributed by atoms with Gasteiger partial charge in [-0.2, -0.15) is 0 Å². The third kappa shape index (κ3) is 2.40. The molecule has 0 aliphatic heterocycles. The summed E-state index contributed by atoms with van der Waals surface area (Å²) in [5.74, 6) is -0.203. The van der Waals surface area contributed by atoms with Gasteiger partial charge in [-0.05, 0) is 6.26 Å². The minimum absolute atomic E-state index is 0.203. The topological polar surface area (TPSA) is 42.0 Å². The van der Waals surface area contributed by atoms with Crippen LogP contribution in [0.25, 0.3) is 0 Å². The van der Waals surface area contributed by atoms with Crippen LogP contribution in [0.1, 0.15) is 9.67 Å². The summed E-state index contributed by atoms with van der Waals surface area (Å²) in [5.41, 5.74) is 0. The number of thioether (sulfide) groups is 1. The van der Waals surface area contributed by atoms with Gasteiger partial charge in [-0.25, -0.2) is 4.98 Å². The quantitative estimate of drug-likeness (QED) is 0.874. The highest BCUT2D eigenvalue weighted by atomic mass is 35.5. The molecule has 1 N–H and O–H groups in total. The summed E-state index contributed by atoms with van der Waals surface area (Å²) < 4.78 is 0. The Balaban J connectivity index is 2.18. The number of aromatic nitrogens is 1. The molecular formula is C9H7ClN2OS3. The van der Waals surface area contributed by atoms with Gasteiger partial charge in [0.1, 0.15) is 4.88 Å². The lowest BCUT2D eigenvalue weighted by atomic mass is 10.4. The zero-order valence-corrected chi connectivity index (χ0v) is 11.4. The molecule has 84 valence electrons. The van der Waals surface area contributed by atoms with E-state index in [0.29, 0.717) is 15.0 Å². The third-order valence-electron chi connectivity index (χ3n) is 1.78. The van der Waals surface area contributed by atoms with Gasteiger partial charge in [0.05, 0.1) is 5.02 Å². The van der Waals surface area contributed by atoms with Crippen molar-refractivity contribution >= 4 is 57.1 Å². The SMILES string of the molecule is CSc1csc(C(=O)Nc2nccs2)c1Cl. The zero-order valence-electron chi connectivity index (χ0n) is 8.19. The van der Waals surface area contributed by atoms with Gasteiger partial charge in [0, 0.05) is 21.9 Å². The molecule has 0 aliphatic rings. The van der Waals surface area contributed by atoms with Gasteiger partial charge in [0.15, 0.2) is 5.13 Å². The van der Waals surface area contributed by atoms with E-state index in [2.05, 4.69) is 10.3 Å².